The van der Waals surface area contributed by atoms with Gasteiger partial charge in [0, 0.05) is 18.4 Å². The molecule has 0 unspecified atom stereocenters. The maximum absolute atomic E-state index is 13.1. The Kier molecular flexibility index (Phi) is 3.61. The number of hydrogen-bond acceptors (Lipinski definition) is 2. The van der Waals surface area contributed by atoms with Crippen LogP contribution in [0.4, 0.5) is 30.2 Å². The van der Waals surface area contributed by atoms with Crippen LogP contribution in [-0.2, 0) is 6.18 Å². The van der Waals surface area contributed by atoms with Crippen LogP contribution in [0.2, 0.25) is 0 Å². The van der Waals surface area contributed by atoms with Crippen LogP contribution in [0.15, 0.2) is 42.5 Å². The van der Waals surface area contributed by atoms with Crippen molar-refractivity contribution in [2.45, 2.75) is 13.1 Å². The van der Waals surface area contributed by atoms with Crippen LogP contribution in [0.1, 0.15) is 11.1 Å². The van der Waals surface area contributed by atoms with Gasteiger partial charge in [-0.15, -0.1) is 0 Å². The molecule has 0 saturated carbocycles. The third-order valence-corrected chi connectivity index (χ3v) is 3.08. The molecule has 0 aliphatic heterocycles. The maximum Gasteiger partial charge on any atom is 0.418 e. The summed E-state index contributed by atoms with van der Waals surface area (Å²) in [7, 11) is 1.61. The molecule has 0 aliphatic rings. The highest BCUT2D eigenvalue weighted by atomic mass is 19.4. The van der Waals surface area contributed by atoms with Gasteiger partial charge in [-0.05, 0) is 42.8 Å². The van der Waals surface area contributed by atoms with E-state index in [1.807, 2.05) is 25.1 Å². The van der Waals surface area contributed by atoms with Crippen LogP contribution in [0, 0.1) is 6.92 Å². The average Bonchev–Trinajstić information content (AvgIpc) is 2.37. The molecule has 2 aromatic carbocycles. The first-order chi connectivity index (χ1) is 9.29. The molecule has 0 aliphatic carbocycles. The molecule has 0 heterocycles. The maximum atomic E-state index is 13.1. The predicted octanol–water partition coefficient (Wildman–Crippen LogP) is 4.36. The van der Waals surface area contributed by atoms with Crippen LogP contribution < -0.4 is 10.6 Å². The minimum atomic E-state index is -4.44. The molecule has 2 rings (SSSR count). The first-order valence-corrected chi connectivity index (χ1v) is 6.06. The van der Waals surface area contributed by atoms with Gasteiger partial charge in [0.05, 0.1) is 11.3 Å². The summed E-state index contributed by atoms with van der Waals surface area (Å²) in [5.41, 5.74) is 6.59. The van der Waals surface area contributed by atoms with E-state index in [4.69, 9.17) is 5.73 Å². The smallest absolute Gasteiger partial charge is 0.399 e. The van der Waals surface area contributed by atoms with E-state index in [1.165, 1.54) is 17.0 Å². The summed E-state index contributed by atoms with van der Waals surface area (Å²) in [6.45, 7) is 1.89. The van der Waals surface area contributed by atoms with E-state index in [-0.39, 0.29) is 11.4 Å². The van der Waals surface area contributed by atoms with Crippen molar-refractivity contribution in [2.75, 3.05) is 17.7 Å². The zero-order valence-corrected chi connectivity index (χ0v) is 11.2. The van der Waals surface area contributed by atoms with Crippen LogP contribution in [0.25, 0.3) is 0 Å². The van der Waals surface area contributed by atoms with E-state index in [0.29, 0.717) is 5.69 Å². The molecule has 106 valence electrons. The Labute approximate surface area is 115 Å². The molecular weight excluding hydrogens is 265 g/mol. The topological polar surface area (TPSA) is 29.3 Å². The SMILES string of the molecule is Cc1cccc(N(C)c2ccc(N)cc2C(F)(F)F)c1. The molecule has 0 atom stereocenters. The molecule has 5 heteroatoms. The second kappa shape index (κ2) is 5.07. The minimum absolute atomic E-state index is 0.0808. The van der Waals surface area contributed by atoms with Crippen molar-refractivity contribution in [3.8, 4) is 0 Å². The van der Waals surface area contributed by atoms with Gasteiger partial charge in [0.2, 0.25) is 0 Å². The fraction of sp³-hybridized carbons (Fsp3) is 0.200. The first kappa shape index (κ1) is 14.2. The third kappa shape index (κ3) is 2.87. The Morgan fingerprint density at radius 3 is 2.35 bits per heavy atom. The number of anilines is 3. The summed E-state index contributed by atoms with van der Waals surface area (Å²) >= 11 is 0. The summed E-state index contributed by atoms with van der Waals surface area (Å²) in [4.78, 5) is 1.51. The van der Waals surface area contributed by atoms with Crippen molar-refractivity contribution < 1.29 is 13.2 Å². The molecule has 0 spiro atoms. The Morgan fingerprint density at radius 2 is 1.75 bits per heavy atom. The third-order valence-electron chi connectivity index (χ3n) is 3.08. The Hall–Kier alpha value is -2.17. The Balaban J connectivity index is 2.52. The van der Waals surface area contributed by atoms with Gasteiger partial charge in [-0.2, -0.15) is 13.2 Å². The molecule has 0 aromatic heterocycles. The molecule has 0 bridgehead atoms. The summed E-state index contributed by atoms with van der Waals surface area (Å²) < 4.78 is 39.3. The zero-order chi connectivity index (χ0) is 14.9. The van der Waals surface area contributed by atoms with E-state index in [9.17, 15) is 13.2 Å². The van der Waals surface area contributed by atoms with Gasteiger partial charge < -0.3 is 10.6 Å². The molecule has 2 aromatic rings. The molecule has 0 fully saturated rings. The normalized spacial score (nSPS) is 11.4. The van der Waals surface area contributed by atoms with Gasteiger partial charge in [0.25, 0.3) is 0 Å². The number of nitrogens with two attached hydrogens (primary N) is 1. The van der Waals surface area contributed by atoms with Crippen molar-refractivity contribution >= 4 is 17.1 Å². The molecule has 0 radical (unpaired) electrons. The predicted molar refractivity (Wildman–Crippen MR) is 75.1 cm³/mol. The first-order valence-electron chi connectivity index (χ1n) is 6.06. The molecule has 20 heavy (non-hydrogen) atoms. The Bertz CT molecular complexity index is 621. The number of halogens is 3. The van der Waals surface area contributed by atoms with E-state index in [2.05, 4.69) is 0 Å². The van der Waals surface area contributed by atoms with Crippen molar-refractivity contribution in [1.29, 1.82) is 0 Å². The number of nitrogens with zero attached hydrogens (tertiary/aromatic N) is 1. The minimum Gasteiger partial charge on any atom is -0.399 e. The van der Waals surface area contributed by atoms with E-state index >= 15 is 0 Å². The van der Waals surface area contributed by atoms with Gasteiger partial charge >= 0.3 is 6.18 Å². The van der Waals surface area contributed by atoms with Crippen molar-refractivity contribution in [1.82, 2.24) is 0 Å². The molecule has 2 N–H and O–H groups in total. The monoisotopic (exact) mass is 280 g/mol. The number of aryl methyl sites for hydroxylation is 1. The molecular formula is C15H15F3N2. The van der Waals surface area contributed by atoms with Gasteiger partial charge in [0.1, 0.15) is 0 Å². The van der Waals surface area contributed by atoms with E-state index in [0.717, 1.165) is 11.6 Å². The lowest BCUT2D eigenvalue weighted by atomic mass is 10.1. The fourth-order valence-corrected chi connectivity index (χ4v) is 2.05. The van der Waals surface area contributed by atoms with E-state index < -0.39 is 11.7 Å². The second-order valence-electron chi connectivity index (χ2n) is 4.67. The fourth-order valence-electron chi connectivity index (χ4n) is 2.05. The largest absolute Gasteiger partial charge is 0.418 e. The highest BCUT2D eigenvalue weighted by molar-refractivity contribution is 5.69. The lowest BCUT2D eigenvalue weighted by Gasteiger charge is -2.24. The number of nitrogen functional groups attached to an aromatic ring is 1. The van der Waals surface area contributed by atoms with Crippen molar-refractivity contribution in [3.05, 3.63) is 53.6 Å². The van der Waals surface area contributed by atoms with Gasteiger partial charge in [0.15, 0.2) is 0 Å². The number of benzene rings is 2. The van der Waals surface area contributed by atoms with Gasteiger partial charge in [-0.1, -0.05) is 12.1 Å². The summed E-state index contributed by atoms with van der Waals surface area (Å²) in [6.07, 6.45) is -4.44. The lowest BCUT2D eigenvalue weighted by Crippen LogP contribution is -2.17. The molecule has 0 amide bonds. The van der Waals surface area contributed by atoms with Crippen molar-refractivity contribution in [2.24, 2.45) is 0 Å². The van der Waals surface area contributed by atoms with Crippen LogP contribution in [0.3, 0.4) is 0 Å². The molecule has 2 nitrogen and oxygen atoms in total. The summed E-state index contributed by atoms with van der Waals surface area (Å²) in [6, 6.07) is 11.1. The lowest BCUT2D eigenvalue weighted by molar-refractivity contribution is -0.137. The standard InChI is InChI=1S/C15H15F3N2/c1-10-4-3-5-12(8-10)20(2)14-7-6-11(19)9-13(14)15(16,17)18/h3-9H,19H2,1-2H3. The van der Waals surface area contributed by atoms with Crippen molar-refractivity contribution in [3.63, 3.8) is 0 Å². The Morgan fingerprint density at radius 1 is 1.05 bits per heavy atom. The van der Waals surface area contributed by atoms with E-state index in [1.54, 1.807) is 13.1 Å². The summed E-state index contributed by atoms with van der Waals surface area (Å²) in [5, 5.41) is 0. The zero-order valence-electron chi connectivity index (χ0n) is 11.2. The van der Waals surface area contributed by atoms with Gasteiger partial charge in [-0.25, -0.2) is 0 Å². The van der Waals surface area contributed by atoms with Crippen LogP contribution in [0.5, 0.6) is 0 Å². The highest BCUT2D eigenvalue weighted by Crippen LogP contribution is 2.39. The molecule has 0 saturated heterocycles. The van der Waals surface area contributed by atoms with Crippen LogP contribution >= 0.6 is 0 Å². The van der Waals surface area contributed by atoms with Crippen LogP contribution in [-0.4, -0.2) is 7.05 Å². The van der Waals surface area contributed by atoms with Gasteiger partial charge in [-0.3, -0.25) is 0 Å². The highest BCUT2D eigenvalue weighted by Gasteiger charge is 2.34. The number of hydrogen-bond donors (Lipinski definition) is 1. The number of rotatable bonds is 2. The number of alkyl halides is 3. The quantitative estimate of drug-likeness (QED) is 0.828. The second-order valence-corrected chi connectivity index (χ2v) is 4.67. The summed E-state index contributed by atoms with van der Waals surface area (Å²) in [5.74, 6) is 0. The average molecular weight is 280 g/mol.